The molecule has 7 heteroatoms. The highest BCUT2D eigenvalue weighted by Crippen LogP contribution is 2.24. The third-order valence-corrected chi connectivity index (χ3v) is 5.40. The number of halogens is 1. The summed E-state index contributed by atoms with van der Waals surface area (Å²) in [6.45, 7) is 3.01. The monoisotopic (exact) mass is 314 g/mol. The van der Waals surface area contributed by atoms with Crippen LogP contribution in [0.2, 0.25) is 5.02 Å². The molecule has 0 amide bonds. The van der Waals surface area contributed by atoms with E-state index in [-0.39, 0.29) is 27.4 Å². The van der Waals surface area contributed by atoms with E-state index < -0.39 is 10.0 Å². The summed E-state index contributed by atoms with van der Waals surface area (Å²) in [5.74, 6) is 0.155. The Morgan fingerprint density at radius 1 is 1.55 bits per heavy atom. The minimum Gasteiger partial charge on any atom is -0.381 e. The topological polar surface area (TPSA) is 79.2 Å². The maximum absolute atomic E-state index is 12.3. The van der Waals surface area contributed by atoms with Gasteiger partial charge in [-0.05, 0) is 31.5 Å². The summed E-state index contributed by atoms with van der Waals surface area (Å²) in [7, 11) is -3.75. The predicted molar refractivity (Wildman–Crippen MR) is 74.9 cm³/mol. The number of benzene rings is 1. The van der Waals surface area contributed by atoms with Gasteiger partial charge in [0.15, 0.2) is 0 Å². The second kappa shape index (κ2) is 6.10. The van der Waals surface area contributed by atoms with Crippen molar-refractivity contribution in [2.24, 2.45) is 5.92 Å². The van der Waals surface area contributed by atoms with E-state index in [4.69, 9.17) is 21.6 Å². The van der Waals surface area contributed by atoms with Gasteiger partial charge in [0.2, 0.25) is 10.0 Å². The zero-order valence-corrected chi connectivity index (χ0v) is 12.5. The van der Waals surface area contributed by atoms with Gasteiger partial charge < -0.3 is 4.74 Å². The number of hydrogen-bond acceptors (Lipinski definition) is 4. The first kappa shape index (κ1) is 15.3. The van der Waals surface area contributed by atoms with E-state index in [1.165, 1.54) is 18.2 Å². The Balaban J connectivity index is 2.24. The summed E-state index contributed by atoms with van der Waals surface area (Å²) >= 11 is 5.93. The number of nitrogens with zero attached hydrogens (tertiary/aromatic N) is 1. The number of sulfonamides is 1. The van der Waals surface area contributed by atoms with E-state index in [1.54, 1.807) is 6.92 Å². The summed E-state index contributed by atoms with van der Waals surface area (Å²) in [6, 6.07) is 5.83. The van der Waals surface area contributed by atoms with Gasteiger partial charge in [-0.25, -0.2) is 13.1 Å². The molecule has 0 aliphatic carbocycles. The van der Waals surface area contributed by atoms with Gasteiger partial charge in [0, 0.05) is 18.6 Å². The molecule has 1 fully saturated rings. The van der Waals surface area contributed by atoms with Crippen molar-refractivity contribution in [2.75, 3.05) is 13.2 Å². The lowest BCUT2D eigenvalue weighted by molar-refractivity contribution is 0.180. The Bertz CT molecular complexity index is 634. The smallest absolute Gasteiger partial charge is 0.242 e. The third kappa shape index (κ3) is 3.30. The molecule has 0 aromatic heterocycles. The van der Waals surface area contributed by atoms with Crippen molar-refractivity contribution in [3.05, 3.63) is 28.8 Å². The molecule has 1 aromatic carbocycles. The van der Waals surface area contributed by atoms with Crippen LogP contribution < -0.4 is 4.72 Å². The van der Waals surface area contributed by atoms with Crippen LogP contribution in [0.15, 0.2) is 23.1 Å². The summed E-state index contributed by atoms with van der Waals surface area (Å²) in [4.78, 5) is -0.0658. The Morgan fingerprint density at radius 2 is 2.30 bits per heavy atom. The summed E-state index contributed by atoms with van der Waals surface area (Å²) < 4.78 is 32.5. The van der Waals surface area contributed by atoms with E-state index in [9.17, 15) is 8.42 Å². The molecule has 1 saturated heterocycles. The maximum atomic E-state index is 12.3. The lowest BCUT2D eigenvalue weighted by Gasteiger charge is -2.19. The molecule has 0 bridgehead atoms. The largest absolute Gasteiger partial charge is 0.381 e. The average molecular weight is 315 g/mol. The molecule has 20 heavy (non-hydrogen) atoms. The van der Waals surface area contributed by atoms with Crippen LogP contribution in [0.1, 0.15) is 18.9 Å². The van der Waals surface area contributed by atoms with Crippen LogP contribution in [0, 0.1) is 17.2 Å². The Kier molecular flexibility index (Phi) is 4.66. The number of ether oxygens (including phenoxy) is 1. The SMILES string of the molecule is CC(NS(=O)(=O)c1cc(C#N)ccc1Cl)C1CCOC1. The lowest BCUT2D eigenvalue weighted by atomic mass is 10.0. The molecule has 1 aromatic rings. The molecule has 5 nitrogen and oxygen atoms in total. The molecule has 2 atom stereocenters. The zero-order valence-electron chi connectivity index (χ0n) is 11.0. The van der Waals surface area contributed by atoms with Crippen molar-refractivity contribution in [1.82, 2.24) is 4.72 Å². The van der Waals surface area contributed by atoms with Gasteiger partial charge in [0.05, 0.1) is 23.3 Å². The molecule has 0 radical (unpaired) electrons. The van der Waals surface area contributed by atoms with Gasteiger partial charge in [0.1, 0.15) is 4.90 Å². The normalized spacial score (nSPS) is 20.6. The van der Waals surface area contributed by atoms with Crippen LogP contribution in [-0.4, -0.2) is 27.7 Å². The van der Waals surface area contributed by atoms with Crippen molar-refractivity contribution in [1.29, 1.82) is 5.26 Å². The van der Waals surface area contributed by atoms with Gasteiger partial charge in [-0.15, -0.1) is 0 Å². The van der Waals surface area contributed by atoms with E-state index in [1.807, 2.05) is 6.07 Å². The minimum atomic E-state index is -3.75. The maximum Gasteiger partial charge on any atom is 0.242 e. The fourth-order valence-corrected chi connectivity index (χ4v) is 3.97. The number of hydrogen-bond donors (Lipinski definition) is 1. The molecule has 0 spiro atoms. The van der Waals surface area contributed by atoms with Gasteiger partial charge in [0.25, 0.3) is 0 Å². The highest BCUT2D eigenvalue weighted by molar-refractivity contribution is 7.89. The molecule has 1 heterocycles. The molecule has 2 unspecified atom stereocenters. The fraction of sp³-hybridized carbons (Fsp3) is 0.462. The van der Waals surface area contributed by atoms with Crippen LogP contribution >= 0.6 is 11.6 Å². The van der Waals surface area contributed by atoms with Crippen molar-refractivity contribution in [3.63, 3.8) is 0 Å². The van der Waals surface area contributed by atoms with Crippen LogP contribution in [0.5, 0.6) is 0 Å². The highest BCUT2D eigenvalue weighted by Gasteiger charge is 2.28. The Morgan fingerprint density at radius 3 is 2.90 bits per heavy atom. The van der Waals surface area contributed by atoms with Gasteiger partial charge in [-0.3, -0.25) is 0 Å². The van der Waals surface area contributed by atoms with Crippen LogP contribution in [0.3, 0.4) is 0 Å². The standard InChI is InChI=1S/C13H15ClN2O3S/c1-9(11-4-5-19-8-11)16-20(17,18)13-6-10(7-15)2-3-12(13)14/h2-3,6,9,11,16H,4-5,8H2,1H3. The molecule has 2 rings (SSSR count). The second-order valence-corrected chi connectivity index (χ2v) is 6.88. The quantitative estimate of drug-likeness (QED) is 0.920. The second-order valence-electron chi connectivity index (χ2n) is 4.79. The number of rotatable bonds is 4. The zero-order chi connectivity index (χ0) is 14.8. The summed E-state index contributed by atoms with van der Waals surface area (Å²) in [5.41, 5.74) is 0.256. The molecule has 1 aliphatic rings. The molecular formula is C13H15ClN2O3S. The van der Waals surface area contributed by atoms with E-state index >= 15 is 0 Å². The molecule has 0 saturated carbocycles. The molecule has 1 aliphatic heterocycles. The number of nitrogens with one attached hydrogen (secondary N) is 1. The lowest BCUT2D eigenvalue weighted by Crippen LogP contribution is -2.38. The van der Waals surface area contributed by atoms with Gasteiger partial charge in [-0.1, -0.05) is 11.6 Å². The van der Waals surface area contributed by atoms with Crippen molar-refractivity contribution < 1.29 is 13.2 Å². The summed E-state index contributed by atoms with van der Waals surface area (Å²) in [6.07, 6.45) is 0.829. The molecular weight excluding hydrogens is 300 g/mol. The van der Waals surface area contributed by atoms with Crippen LogP contribution in [0.4, 0.5) is 0 Å². The van der Waals surface area contributed by atoms with Crippen LogP contribution in [0.25, 0.3) is 0 Å². The predicted octanol–water partition coefficient (Wildman–Crippen LogP) is 1.91. The van der Waals surface area contributed by atoms with Crippen LogP contribution in [-0.2, 0) is 14.8 Å². The van der Waals surface area contributed by atoms with Gasteiger partial charge >= 0.3 is 0 Å². The van der Waals surface area contributed by atoms with Crippen molar-refractivity contribution in [2.45, 2.75) is 24.3 Å². The highest BCUT2D eigenvalue weighted by atomic mass is 35.5. The Labute approximate surface area is 123 Å². The average Bonchev–Trinajstić information content (AvgIpc) is 2.92. The summed E-state index contributed by atoms with van der Waals surface area (Å²) in [5, 5.41) is 8.95. The Hall–Kier alpha value is -1.13. The van der Waals surface area contributed by atoms with E-state index in [2.05, 4.69) is 4.72 Å². The number of nitriles is 1. The molecule has 1 N–H and O–H groups in total. The minimum absolute atomic E-state index is 0.0658. The molecule has 108 valence electrons. The van der Waals surface area contributed by atoms with E-state index in [0.29, 0.717) is 13.2 Å². The van der Waals surface area contributed by atoms with E-state index in [0.717, 1.165) is 6.42 Å². The fourth-order valence-electron chi connectivity index (χ4n) is 2.13. The van der Waals surface area contributed by atoms with Gasteiger partial charge in [-0.2, -0.15) is 5.26 Å². The first-order valence-electron chi connectivity index (χ1n) is 6.24. The first-order valence-corrected chi connectivity index (χ1v) is 8.10. The third-order valence-electron chi connectivity index (χ3n) is 3.36. The van der Waals surface area contributed by atoms with Crippen molar-refractivity contribution in [3.8, 4) is 6.07 Å². The first-order chi connectivity index (χ1) is 9.44. The van der Waals surface area contributed by atoms with Crippen molar-refractivity contribution >= 4 is 21.6 Å².